The second kappa shape index (κ2) is 10.7. The molecule has 0 amide bonds. The first-order valence-electron chi connectivity index (χ1n) is 12.9. The van der Waals surface area contributed by atoms with Crippen molar-refractivity contribution in [2.45, 2.75) is 122 Å². The Morgan fingerprint density at radius 2 is 1.51 bits per heavy atom. The van der Waals surface area contributed by atoms with E-state index in [1.54, 1.807) is 7.11 Å². The van der Waals surface area contributed by atoms with Gasteiger partial charge >= 0.3 is 0 Å². The zero-order chi connectivity index (χ0) is 26.9. The van der Waals surface area contributed by atoms with Crippen LogP contribution in [0.1, 0.15) is 66.9 Å². The van der Waals surface area contributed by atoms with Crippen LogP contribution in [0.2, 0.25) is 36.3 Å². The molecule has 1 aromatic carbocycles. The fourth-order valence-corrected chi connectivity index (χ4v) is 7.23. The number of rotatable bonds is 8. The highest BCUT2D eigenvalue weighted by Crippen LogP contribution is 2.48. The van der Waals surface area contributed by atoms with Crippen molar-refractivity contribution in [3.05, 3.63) is 29.8 Å². The molecule has 4 atom stereocenters. The fraction of sp³-hybridized carbons (Fsp3) is 0.724. The number of hydrogen-bond acceptors (Lipinski definition) is 4. The number of ether oxygens (including phenoxy) is 2. The van der Waals surface area contributed by atoms with Gasteiger partial charge in [0.05, 0.1) is 31.5 Å². The Bertz CT molecular complexity index is 874. The van der Waals surface area contributed by atoms with Gasteiger partial charge in [0.1, 0.15) is 5.75 Å². The van der Waals surface area contributed by atoms with Crippen LogP contribution in [-0.4, -0.2) is 41.6 Å². The van der Waals surface area contributed by atoms with Crippen molar-refractivity contribution in [2.75, 3.05) is 7.11 Å². The summed E-state index contributed by atoms with van der Waals surface area (Å²) < 4.78 is 26.0. The van der Waals surface area contributed by atoms with E-state index in [0.29, 0.717) is 6.61 Å². The number of hydrogen-bond donors (Lipinski definition) is 0. The Balaban J connectivity index is 2.35. The Hall–Kier alpha value is -1.11. The Labute approximate surface area is 217 Å². The molecule has 0 heterocycles. The molecule has 2 rings (SSSR count). The predicted molar refractivity (Wildman–Crippen MR) is 152 cm³/mol. The monoisotopic (exact) mass is 518 g/mol. The summed E-state index contributed by atoms with van der Waals surface area (Å²) in [6.45, 7) is 25.7. The highest BCUT2D eigenvalue weighted by atomic mass is 28.4. The molecule has 4 nitrogen and oxygen atoms in total. The summed E-state index contributed by atoms with van der Waals surface area (Å²) in [5, 5.41) is 0.207. The number of methoxy groups -OCH3 is 1. The van der Waals surface area contributed by atoms with Gasteiger partial charge in [-0.15, -0.1) is 12.3 Å². The lowest BCUT2D eigenvalue weighted by atomic mass is 9.76. The van der Waals surface area contributed by atoms with E-state index in [4.69, 9.17) is 24.7 Å². The van der Waals surface area contributed by atoms with Gasteiger partial charge in [-0.3, -0.25) is 0 Å². The average Bonchev–Trinajstić information content (AvgIpc) is 2.72. The third-order valence-corrected chi connectivity index (χ3v) is 17.7. The Kier molecular flexibility index (Phi) is 9.22. The smallest absolute Gasteiger partial charge is 0.192 e. The molecular formula is C29H50O4Si2. The SMILES string of the molecule is C#C[C@H]1C[C@@H](O[Si](C)(C)C(C)(C)C)[C@@](C)(O[Si](C)(C)C(C)(C)C)C[C@@H]1OCc1ccc(OC)cc1. The predicted octanol–water partition coefficient (Wildman–Crippen LogP) is 7.79. The molecule has 0 aliphatic heterocycles. The zero-order valence-electron chi connectivity index (χ0n) is 24.4. The maximum atomic E-state index is 7.18. The lowest BCUT2D eigenvalue weighted by molar-refractivity contribution is -0.133. The molecule has 198 valence electrons. The maximum Gasteiger partial charge on any atom is 0.192 e. The van der Waals surface area contributed by atoms with E-state index in [1.807, 2.05) is 24.3 Å². The van der Waals surface area contributed by atoms with Crippen molar-refractivity contribution in [1.29, 1.82) is 0 Å². The second-order valence-electron chi connectivity index (χ2n) is 13.5. The van der Waals surface area contributed by atoms with E-state index < -0.39 is 22.2 Å². The van der Waals surface area contributed by atoms with E-state index in [2.05, 4.69) is 80.6 Å². The summed E-state index contributed by atoms with van der Waals surface area (Å²) in [5.41, 5.74) is 0.643. The van der Waals surface area contributed by atoms with Crippen LogP contribution >= 0.6 is 0 Å². The molecule has 0 N–H and O–H groups in total. The lowest BCUT2D eigenvalue weighted by Gasteiger charge is -2.54. The summed E-state index contributed by atoms with van der Waals surface area (Å²) in [5.74, 6) is 3.87. The Morgan fingerprint density at radius 1 is 0.971 bits per heavy atom. The highest BCUT2D eigenvalue weighted by Gasteiger charge is 2.54. The van der Waals surface area contributed by atoms with Crippen molar-refractivity contribution in [1.82, 2.24) is 0 Å². The second-order valence-corrected chi connectivity index (χ2v) is 22.9. The van der Waals surface area contributed by atoms with E-state index >= 15 is 0 Å². The molecule has 0 bridgehead atoms. The first kappa shape index (κ1) is 30.1. The molecule has 1 aliphatic carbocycles. The molecule has 1 aliphatic rings. The molecule has 0 aromatic heterocycles. The standard InChI is InChI=1S/C29H50O4Si2/c1-14-23-19-26(32-34(10,11)27(2,3)4)29(8,33-35(12,13)28(5,6)7)20-25(23)31-21-22-15-17-24(30-9)18-16-22/h1,15-18,23,25-26H,19-21H2,2-13H3/t23-,25-,26+,29-/m0/s1. The van der Waals surface area contributed by atoms with Crippen LogP contribution in [0, 0.1) is 18.3 Å². The van der Waals surface area contributed by atoms with Crippen LogP contribution in [0.3, 0.4) is 0 Å². The van der Waals surface area contributed by atoms with Crippen LogP contribution in [0.4, 0.5) is 0 Å². The summed E-state index contributed by atoms with van der Waals surface area (Å²) in [6, 6.07) is 8.01. The maximum absolute atomic E-state index is 7.18. The fourth-order valence-electron chi connectivity index (χ4n) is 4.13. The van der Waals surface area contributed by atoms with Gasteiger partial charge in [0.25, 0.3) is 0 Å². The Morgan fingerprint density at radius 3 is 1.97 bits per heavy atom. The number of benzene rings is 1. The minimum Gasteiger partial charge on any atom is -0.497 e. The minimum absolute atomic E-state index is 0.0147. The zero-order valence-corrected chi connectivity index (χ0v) is 26.4. The van der Waals surface area contributed by atoms with Gasteiger partial charge in [-0.25, -0.2) is 0 Å². The lowest BCUT2D eigenvalue weighted by Crippen LogP contribution is -2.62. The largest absolute Gasteiger partial charge is 0.497 e. The van der Waals surface area contributed by atoms with Gasteiger partial charge in [0, 0.05) is 12.3 Å². The van der Waals surface area contributed by atoms with Crippen LogP contribution in [0.25, 0.3) is 0 Å². The normalized spacial score (nSPS) is 26.3. The van der Waals surface area contributed by atoms with Crippen molar-refractivity contribution >= 4 is 16.6 Å². The van der Waals surface area contributed by atoms with E-state index in [9.17, 15) is 0 Å². The summed E-state index contributed by atoms with van der Waals surface area (Å²) >= 11 is 0. The molecule has 0 radical (unpaired) electrons. The van der Waals surface area contributed by atoms with Crippen LogP contribution < -0.4 is 4.74 Å². The van der Waals surface area contributed by atoms with Crippen molar-refractivity contribution in [3.8, 4) is 18.1 Å². The van der Waals surface area contributed by atoms with Crippen LogP contribution in [-0.2, 0) is 20.2 Å². The third-order valence-electron chi connectivity index (χ3n) is 8.58. The molecule has 0 spiro atoms. The van der Waals surface area contributed by atoms with Gasteiger partial charge in [0.2, 0.25) is 0 Å². The molecule has 1 aromatic rings. The van der Waals surface area contributed by atoms with Gasteiger partial charge in [-0.2, -0.15) is 0 Å². The van der Waals surface area contributed by atoms with Gasteiger partial charge in [0.15, 0.2) is 16.6 Å². The molecule has 1 saturated carbocycles. The van der Waals surface area contributed by atoms with Gasteiger partial charge < -0.3 is 18.3 Å². The first-order valence-corrected chi connectivity index (χ1v) is 18.8. The number of terminal acetylenes is 1. The molecule has 35 heavy (non-hydrogen) atoms. The minimum atomic E-state index is -2.07. The average molecular weight is 519 g/mol. The molecule has 6 heteroatoms. The van der Waals surface area contributed by atoms with Crippen molar-refractivity contribution < 1.29 is 18.3 Å². The van der Waals surface area contributed by atoms with Crippen molar-refractivity contribution in [3.63, 3.8) is 0 Å². The quantitative estimate of drug-likeness (QED) is 0.260. The third kappa shape index (κ3) is 7.23. The highest BCUT2D eigenvalue weighted by molar-refractivity contribution is 6.74. The van der Waals surface area contributed by atoms with E-state index in [-0.39, 0.29) is 28.2 Å². The molecule has 0 unspecified atom stereocenters. The van der Waals surface area contributed by atoms with Crippen LogP contribution in [0.5, 0.6) is 5.75 Å². The van der Waals surface area contributed by atoms with E-state index in [0.717, 1.165) is 24.2 Å². The molecule has 1 fully saturated rings. The molecule has 0 saturated heterocycles. The summed E-state index contributed by atoms with van der Waals surface area (Å²) in [4.78, 5) is 0. The molecular weight excluding hydrogens is 468 g/mol. The van der Waals surface area contributed by atoms with Crippen LogP contribution in [0.15, 0.2) is 24.3 Å². The first-order chi connectivity index (χ1) is 15.8. The van der Waals surface area contributed by atoms with E-state index in [1.165, 1.54) is 0 Å². The summed E-state index contributed by atoms with van der Waals surface area (Å²) in [6.07, 6.45) is 7.41. The van der Waals surface area contributed by atoms with Crippen molar-refractivity contribution in [2.24, 2.45) is 5.92 Å². The van der Waals surface area contributed by atoms with Gasteiger partial charge in [-0.1, -0.05) is 53.7 Å². The summed E-state index contributed by atoms with van der Waals surface area (Å²) in [7, 11) is -2.43. The van der Waals surface area contributed by atoms with Gasteiger partial charge in [-0.05, 0) is 67.3 Å². The topological polar surface area (TPSA) is 36.9 Å².